The second-order valence-corrected chi connectivity index (χ2v) is 6.72. The van der Waals surface area contributed by atoms with E-state index in [1.54, 1.807) is 0 Å². The molecule has 1 aliphatic carbocycles. The fourth-order valence-electron chi connectivity index (χ4n) is 3.56. The van der Waals surface area contributed by atoms with E-state index < -0.39 is 0 Å². The van der Waals surface area contributed by atoms with Gasteiger partial charge in [-0.05, 0) is 25.8 Å². The van der Waals surface area contributed by atoms with Crippen molar-refractivity contribution in [2.75, 3.05) is 13.2 Å². The Morgan fingerprint density at radius 2 is 2.09 bits per heavy atom. The topological polar surface area (TPSA) is 67.2 Å². The second kappa shape index (κ2) is 6.71. The zero-order valence-electron chi connectivity index (χ0n) is 13.7. The van der Waals surface area contributed by atoms with Crippen molar-refractivity contribution in [2.45, 2.75) is 45.6 Å². The molecule has 0 atom stereocenters. The molecule has 124 valence electrons. The van der Waals surface area contributed by atoms with Gasteiger partial charge in [0.25, 0.3) is 0 Å². The van der Waals surface area contributed by atoms with Gasteiger partial charge < -0.3 is 10.4 Å². The summed E-state index contributed by atoms with van der Waals surface area (Å²) in [4.78, 5) is 12.1. The highest BCUT2D eigenvalue weighted by Gasteiger charge is 2.33. The molecule has 0 bridgehead atoms. The molecule has 5 heteroatoms. The molecule has 1 heterocycles. The lowest BCUT2D eigenvalue weighted by Gasteiger charge is -2.26. The molecule has 1 aromatic carbocycles. The van der Waals surface area contributed by atoms with E-state index in [0.29, 0.717) is 19.5 Å². The Morgan fingerprint density at radius 3 is 2.83 bits per heavy atom. The second-order valence-electron chi connectivity index (χ2n) is 6.72. The molecule has 1 saturated carbocycles. The number of aromatic nitrogens is 2. The summed E-state index contributed by atoms with van der Waals surface area (Å²) in [5.74, 6) is 0.0296. The highest BCUT2D eigenvalue weighted by molar-refractivity contribution is 5.82. The Morgan fingerprint density at radius 1 is 1.35 bits per heavy atom. The smallest absolute Gasteiger partial charge is 0.221 e. The van der Waals surface area contributed by atoms with Gasteiger partial charge in [0.05, 0.1) is 24.4 Å². The van der Waals surface area contributed by atoms with Crippen LogP contribution in [0.25, 0.3) is 10.9 Å². The molecule has 0 saturated heterocycles. The minimum Gasteiger partial charge on any atom is -0.396 e. The Kier molecular flexibility index (Phi) is 4.66. The van der Waals surface area contributed by atoms with Crippen LogP contribution in [-0.2, 0) is 11.3 Å². The van der Waals surface area contributed by atoms with Gasteiger partial charge in [-0.3, -0.25) is 9.48 Å². The molecule has 1 amide bonds. The molecule has 2 aromatic rings. The average molecular weight is 315 g/mol. The number of hydrogen-bond acceptors (Lipinski definition) is 3. The van der Waals surface area contributed by atoms with E-state index in [2.05, 4.69) is 16.5 Å². The Bertz CT molecular complexity index is 687. The Labute approximate surface area is 136 Å². The third-order valence-corrected chi connectivity index (χ3v) is 5.05. The third-order valence-electron chi connectivity index (χ3n) is 5.05. The maximum Gasteiger partial charge on any atom is 0.221 e. The van der Waals surface area contributed by atoms with Crippen molar-refractivity contribution < 1.29 is 9.90 Å². The van der Waals surface area contributed by atoms with Crippen LogP contribution >= 0.6 is 0 Å². The zero-order valence-corrected chi connectivity index (χ0v) is 13.7. The number of aliphatic hydroxyl groups is 1. The maximum absolute atomic E-state index is 12.1. The Hall–Kier alpha value is -1.88. The highest BCUT2D eigenvalue weighted by atomic mass is 16.3. The van der Waals surface area contributed by atoms with E-state index in [0.717, 1.165) is 42.3 Å². The molecular formula is C18H25N3O2. The summed E-state index contributed by atoms with van der Waals surface area (Å²) in [5, 5.41) is 18.3. The van der Waals surface area contributed by atoms with Gasteiger partial charge in [0.2, 0.25) is 5.91 Å². The number of benzene rings is 1. The SMILES string of the molecule is Cc1nn(CCC(=O)NCC2(CO)CCCC2)c2ccccc12. The number of rotatable bonds is 6. The van der Waals surface area contributed by atoms with Gasteiger partial charge in [-0.25, -0.2) is 0 Å². The lowest BCUT2D eigenvalue weighted by molar-refractivity contribution is -0.122. The minimum atomic E-state index is -0.0926. The van der Waals surface area contributed by atoms with Crippen LogP contribution < -0.4 is 5.32 Å². The summed E-state index contributed by atoms with van der Waals surface area (Å²) in [5.41, 5.74) is 1.97. The van der Waals surface area contributed by atoms with Gasteiger partial charge in [0, 0.05) is 23.8 Å². The third kappa shape index (κ3) is 3.39. The molecule has 0 aliphatic heterocycles. The number of nitrogens with zero attached hydrogens (tertiary/aromatic N) is 2. The van der Waals surface area contributed by atoms with Crippen LogP contribution in [0.3, 0.4) is 0 Å². The van der Waals surface area contributed by atoms with Crippen LogP contribution in [0.1, 0.15) is 37.8 Å². The lowest BCUT2D eigenvalue weighted by atomic mass is 9.87. The first-order valence-electron chi connectivity index (χ1n) is 8.43. The van der Waals surface area contributed by atoms with Gasteiger partial charge in [0.15, 0.2) is 0 Å². The number of nitrogens with one attached hydrogen (secondary N) is 1. The fourth-order valence-corrected chi connectivity index (χ4v) is 3.56. The monoisotopic (exact) mass is 315 g/mol. The summed E-state index contributed by atoms with van der Waals surface area (Å²) in [6.07, 6.45) is 4.72. The summed E-state index contributed by atoms with van der Waals surface area (Å²) >= 11 is 0. The van der Waals surface area contributed by atoms with Crippen LogP contribution in [0, 0.1) is 12.3 Å². The quantitative estimate of drug-likeness (QED) is 0.860. The molecule has 5 nitrogen and oxygen atoms in total. The minimum absolute atomic E-state index is 0.0296. The molecule has 0 radical (unpaired) electrons. The van der Waals surface area contributed by atoms with Crippen LogP contribution in [0.5, 0.6) is 0 Å². The predicted octanol–water partition coefficient (Wildman–Crippen LogP) is 2.40. The van der Waals surface area contributed by atoms with Gasteiger partial charge in [0.1, 0.15) is 0 Å². The van der Waals surface area contributed by atoms with Crippen molar-refractivity contribution in [3.63, 3.8) is 0 Å². The Balaban J connectivity index is 1.56. The number of carbonyl (C=O) groups excluding carboxylic acids is 1. The number of amides is 1. The number of hydrogen-bond donors (Lipinski definition) is 2. The fraction of sp³-hybridized carbons (Fsp3) is 0.556. The van der Waals surface area contributed by atoms with E-state index in [9.17, 15) is 9.90 Å². The molecule has 1 aromatic heterocycles. The molecule has 23 heavy (non-hydrogen) atoms. The van der Waals surface area contributed by atoms with Crippen LogP contribution in [-0.4, -0.2) is 33.9 Å². The molecular weight excluding hydrogens is 290 g/mol. The number of fused-ring (bicyclic) bond motifs is 1. The summed E-state index contributed by atoms with van der Waals surface area (Å²) in [7, 11) is 0. The van der Waals surface area contributed by atoms with Gasteiger partial charge in [-0.1, -0.05) is 31.0 Å². The number of aliphatic hydroxyl groups excluding tert-OH is 1. The molecule has 2 N–H and O–H groups in total. The predicted molar refractivity (Wildman–Crippen MR) is 90.1 cm³/mol. The first-order chi connectivity index (χ1) is 11.1. The van der Waals surface area contributed by atoms with Crippen LogP contribution in [0.4, 0.5) is 0 Å². The van der Waals surface area contributed by atoms with Crippen molar-refractivity contribution >= 4 is 16.8 Å². The first-order valence-corrected chi connectivity index (χ1v) is 8.43. The van der Waals surface area contributed by atoms with Crippen molar-refractivity contribution in [3.05, 3.63) is 30.0 Å². The molecule has 0 unspecified atom stereocenters. The van der Waals surface area contributed by atoms with Crippen molar-refractivity contribution in [1.29, 1.82) is 0 Å². The van der Waals surface area contributed by atoms with Crippen LogP contribution in [0.2, 0.25) is 0 Å². The maximum atomic E-state index is 12.1. The zero-order chi connectivity index (χ0) is 16.3. The summed E-state index contributed by atoms with van der Waals surface area (Å²) in [6, 6.07) is 8.08. The lowest BCUT2D eigenvalue weighted by Crippen LogP contribution is -2.38. The van der Waals surface area contributed by atoms with E-state index in [1.165, 1.54) is 0 Å². The van der Waals surface area contributed by atoms with Crippen molar-refractivity contribution in [1.82, 2.24) is 15.1 Å². The van der Waals surface area contributed by atoms with Gasteiger partial charge in [-0.2, -0.15) is 5.10 Å². The molecule has 1 aliphatic rings. The summed E-state index contributed by atoms with van der Waals surface area (Å²) in [6.45, 7) is 3.31. The largest absolute Gasteiger partial charge is 0.396 e. The normalized spacial score (nSPS) is 16.8. The van der Waals surface area contributed by atoms with E-state index in [1.807, 2.05) is 29.8 Å². The number of para-hydroxylation sites is 1. The van der Waals surface area contributed by atoms with Gasteiger partial charge >= 0.3 is 0 Å². The molecule has 0 spiro atoms. The van der Waals surface area contributed by atoms with E-state index in [-0.39, 0.29) is 17.9 Å². The molecule has 1 fully saturated rings. The average Bonchev–Trinajstić information content (AvgIpc) is 3.17. The van der Waals surface area contributed by atoms with Crippen molar-refractivity contribution in [3.8, 4) is 0 Å². The summed E-state index contributed by atoms with van der Waals surface area (Å²) < 4.78 is 1.90. The van der Waals surface area contributed by atoms with Crippen molar-refractivity contribution in [2.24, 2.45) is 5.41 Å². The number of carbonyl (C=O) groups is 1. The highest BCUT2D eigenvalue weighted by Crippen LogP contribution is 2.36. The van der Waals surface area contributed by atoms with Crippen LogP contribution in [0.15, 0.2) is 24.3 Å². The van der Waals surface area contributed by atoms with E-state index in [4.69, 9.17) is 0 Å². The first kappa shape index (κ1) is 16.0. The molecule has 3 rings (SSSR count). The van der Waals surface area contributed by atoms with Gasteiger partial charge in [-0.15, -0.1) is 0 Å². The van der Waals surface area contributed by atoms with E-state index >= 15 is 0 Å². The standard InChI is InChI=1S/C18H25N3O2/c1-14-15-6-2-3-7-16(15)21(20-14)11-8-17(23)19-12-18(13-22)9-4-5-10-18/h2-3,6-7,22H,4-5,8-13H2,1H3,(H,19,23). The number of aryl methyl sites for hydroxylation is 2.